The third kappa shape index (κ3) is 5.93. The number of carbonyl (C=O) groups is 2. The Balaban J connectivity index is 2.18. The van der Waals surface area contributed by atoms with Crippen molar-refractivity contribution >= 4 is 35.3 Å². The van der Waals surface area contributed by atoms with E-state index in [2.05, 4.69) is 13.2 Å². The van der Waals surface area contributed by atoms with E-state index >= 15 is 0 Å². The van der Waals surface area contributed by atoms with Gasteiger partial charge in [0.15, 0.2) is 11.5 Å². The third-order valence-corrected chi connectivity index (χ3v) is 6.89. The van der Waals surface area contributed by atoms with Gasteiger partial charge in [0, 0.05) is 18.7 Å². The summed E-state index contributed by atoms with van der Waals surface area (Å²) in [6.07, 6.45) is 1.94. The van der Waals surface area contributed by atoms with Gasteiger partial charge < -0.3 is 29.0 Å². The number of cyclic esters (lactones) is 1. The van der Waals surface area contributed by atoms with E-state index in [1.54, 1.807) is 25.1 Å². The fourth-order valence-corrected chi connectivity index (χ4v) is 4.58. The van der Waals surface area contributed by atoms with Crippen molar-refractivity contribution in [3.8, 4) is 23.0 Å². The Morgan fingerprint density at radius 1 is 1.18 bits per heavy atom. The van der Waals surface area contributed by atoms with Gasteiger partial charge in [-0.25, -0.2) is 9.59 Å². The smallest absolute Gasteiger partial charge is 0.415 e. The van der Waals surface area contributed by atoms with E-state index in [-0.39, 0.29) is 69.8 Å². The molecule has 1 aliphatic heterocycles. The average molecular weight is 564 g/mol. The van der Waals surface area contributed by atoms with Crippen LogP contribution in [0.4, 0.5) is 4.79 Å². The van der Waals surface area contributed by atoms with Gasteiger partial charge in [0.1, 0.15) is 23.7 Å². The first-order chi connectivity index (χ1) is 18.0. The number of nitrogens with zero attached hydrogens (tertiary/aromatic N) is 1. The Morgan fingerprint density at radius 2 is 1.84 bits per heavy atom. The number of hydrogen-bond acceptors (Lipinski definition) is 7. The number of aliphatic hydroxyl groups is 1. The van der Waals surface area contributed by atoms with Crippen molar-refractivity contribution in [3.05, 3.63) is 69.7 Å². The highest BCUT2D eigenvalue weighted by Gasteiger charge is 2.33. The molecule has 10 heteroatoms. The molecule has 0 aliphatic carbocycles. The molecule has 204 valence electrons. The van der Waals surface area contributed by atoms with E-state index in [4.69, 9.17) is 42.1 Å². The summed E-state index contributed by atoms with van der Waals surface area (Å²) in [5, 5.41) is 11.0. The molecular formula is C28H31Cl2NO7. The van der Waals surface area contributed by atoms with Crippen LogP contribution in [0.3, 0.4) is 0 Å². The van der Waals surface area contributed by atoms with Gasteiger partial charge in [0.25, 0.3) is 0 Å². The molecule has 0 bridgehead atoms. The lowest BCUT2D eigenvalue weighted by molar-refractivity contribution is 0.0453. The van der Waals surface area contributed by atoms with Gasteiger partial charge in [0.2, 0.25) is 0 Å². The normalized spacial score (nSPS) is 13.2. The fraction of sp³-hybridized carbons (Fsp3) is 0.357. The van der Waals surface area contributed by atoms with Crippen molar-refractivity contribution in [2.45, 2.75) is 39.9 Å². The zero-order valence-corrected chi connectivity index (χ0v) is 23.3. The van der Waals surface area contributed by atoms with Crippen LogP contribution in [-0.2, 0) is 11.3 Å². The maximum Gasteiger partial charge on any atom is 0.415 e. The SMILES string of the molecule is C=CCN(CC=C)C(=O)Oc1c(Cl)c(C)c(Cl)c2c1Oc1ccc([C@@H](O)CC(C)C)c(OC)c1C(=O)OC2. The van der Waals surface area contributed by atoms with Crippen LogP contribution in [0, 0.1) is 12.8 Å². The minimum absolute atomic E-state index is 0.0161. The van der Waals surface area contributed by atoms with Gasteiger partial charge in [0.05, 0.1) is 28.8 Å². The van der Waals surface area contributed by atoms with Crippen LogP contribution in [0.5, 0.6) is 23.0 Å². The van der Waals surface area contributed by atoms with Crippen LogP contribution in [0.1, 0.15) is 53.4 Å². The average Bonchev–Trinajstić information content (AvgIpc) is 2.87. The number of esters is 1. The molecule has 8 nitrogen and oxygen atoms in total. The van der Waals surface area contributed by atoms with Crippen LogP contribution < -0.4 is 14.2 Å². The van der Waals surface area contributed by atoms with Gasteiger partial charge in [-0.2, -0.15) is 0 Å². The molecule has 3 rings (SSSR count). The molecule has 0 saturated carbocycles. The van der Waals surface area contributed by atoms with Gasteiger partial charge >= 0.3 is 12.1 Å². The number of methoxy groups -OCH3 is 1. The van der Waals surface area contributed by atoms with Crippen LogP contribution in [-0.4, -0.2) is 42.3 Å². The number of hydrogen-bond donors (Lipinski definition) is 1. The number of aliphatic hydroxyl groups excluding tert-OH is 1. The molecule has 0 unspecified atom stereocenters. The maximum absolute atomic E-state index is 13.2. The number of amides is 1. The van der Waals surface area contributed by atoms with E-state index in [9.17, 15) is 14.7 Å². The highest BCUT2D eigenvalue weighted by Crippen LogP contribution is 2.50. The van der Waals surface area contributed by atoms with Crippen LogP contribution in [0.25, 0.3) is 0 Å². The lowest BCUT2D eigenvalue weighted by Gasteiger charge is -2.26. The summed E-state index contributed by atoms with van der Waals surface area (Å²) in [5.41, 5.74) is 1.08. The molecule has 0 aromatic heterocycles. The highest BCUT2D eigenvalue weighted by atomic mass is 35.5. The van der Waals surface area contributed by atoms with Gasteiger partial charge in [-0.15, -0.1) is 13.2 Å². The first-order valence-electron chi connectivity index (χ1n) is 12.0. The van der Waals surface area contributed by atoms with E-state index in [0.29, 0.717) is 17.5 Å². The van der Waals surface area contributed by atoms with Crippen molar-refractivity contribution in [2.75, 3.05) is 20.2 Å². The lowest BCUT2D eigenvalue weighted by Crippen LogP contribution is -2.34. The number of halogens is 2. The first-order valence-corrected chi connectivity index (χ1v) is 12.7. The summed E-state index contributed by atoms with van der Waals surface area (Å²) in [6, 6.07) is 3.13. The zero-order valence-electron chi connectivity index (χ0n) is 21.8. The molecule has 1 aliphatic rings. The van der Waals surface area contributed by atoms with E-state index < -0.39 is 18.2 Å². The molecule has 2 aromatic carbocycles. The predicted molar refractivity (Wildman–Crippen MR) is 146 cm³/mol. The van der Waals surface area contributed by atoms with Crippen LogP contribution >= 0.6 is 23.2 Å². The standard InChI is InChI=1S/C28H31Cl2NO7/c1-7-11-31(12-8-2)28(34)38-26-23(30)16(5)22(29)18-14-36-27(33)21-20(37-25(18)26)10-9-17(24(21)35-6)19(32)13-15(3)4/h7-10,15,19,32H,1-2,11-14H2,3-6H3/t19-/m0/s1. The molecule has 0 saturated heterocycles. The molecule has 1 amide bonds. The van der Waals surface area contributed by atoms with E-state index in [1.807, 2.05) is 13.8 Å². The van der Waals surface area contributed by atoms with Crippen LogP contribution in [0.2, 0.25) is 10.0 Å². The monoisotopic (exact) mass is 563 g/mol. The Hall–Kier alpha value is -3.20. The lowest BCUT2D eigenvalue weighted by atomic mass is 9.96. The number of ether oxygens (including phenoxy) is 4. The number of carbonyl (C=O) groups excluding carboxylic acids is 2. The fourth-order valence-electron chi connectivity index (χ4n) is 4.08. The van der Waals surface area contributed by atoms with Gasteiger partial charge in [-0.3, -0.25) is 0 Å². The minimum Gasteiger partial charge on any atom is -0.495 e. The molecule has 0 radical (unpaired) electrons. The topological polar surface area (TPSA) is 94.5 Å². The second-order valence-corrected chi connectivity index (χ2v) is 9.88. The third-order valence-electron chi connectivity index (χ3n) is 5.92. The molecule has 0 spiro atoms. The Labute approximate surface area is 232 Å². The molecule has 2 aromatic rings. The Kier molecular flexibility index (Phi) is 9.71. The summed E-state index contributed by atoms with van der Waals surface area (Å²) in [7, 11) is 1.39. The predicted octanol–water partition coefficient (Wildman–Crippen LogP) is 7.03. The zero-order chi connectivity index (χ0) is 28.1. The van der Waals surface area contributed by atoms with Crippen molar-refractivity contribution in [1.29, 1.82) is 0 Å². The maximum atomic E-state index is 13.2. The molecule has 0 fully saturated rings. The molecular weight excluding hydrogens is 533 g/mol. The van der Waals surface area contributed by atoms with Crippen molar-refractivity contribution in [1.82, 2.24) is 4.90 Å². The summed E-state index contributed by atoms with van der Waals surface area (Å²) in [4.78, 5) is 27.5. The molecule has 38 heavy (non-hydrogen) atoms. The Morgan fingerprint density at radius 3 is 2.42 bits per heavy atom. The summed E-state index contributed by atoms with van der Waals surface area (Å²) >= 11 is 13.2. The van der Waals surface area contributed by atoms with Crippen LogP contribution in [0.15, 0.2) is 37.4 Å². The number of fused-ring (bicyclic) bond motifs is 2. The molecule has 1 atom stereocenters. The quantitative estimate of drug-likeness (QED) is 0.258. The summed E-state index contributed by atoms with van der Waals surface area (Å²) < 4.78 is 23.0. The largest absolute Gasteiger partial charge is 0.495 e. The second kappa shape index (κ2) is 12.6. The van der Waals surface area contributed by atoms with Gasteiger partial charge in [-0.05, 0) is 37.0 Å². The highest BCUT2D eigenvalue weighted by molar-refractivity contribution is 6.38. The summed E-state index contributed by atoms with van der Waals surface area (Å²) in [5.74, 6) is -0.434. The van der Waals surface area contributed by atoms with E-state index in [0.717, 1.165) is 0 Å². The first kappa shape index (κ1) is 29.4. The van der Waals surface area contributed by atoms with Gasteiger partial charge in [-0.1, -0.05) is 49.2 Å². The van der Waals surface area contributed by atoms with E-state index in [1.165, 1.54) is 18.1 Å². The molecule has 1 heterocycles. The molecule has 1 N–H and O–H groups in total. The summed E-state index contributed by atoms with van der Waals surface area (Å²) in [6.45, 7) is 13.0. The number of benzene rings is 2. The second-order valence-electron chi connectivity index (χ2n) is 9.12. The Bertz CT molecular complexity index is 1250. The van der Waals surface area contributed by atoms with Crippen molar-refractivity contribution < 1.29 is 33.6 Å². The minimum atomic E-state index is -0.885. The van der Waals surface area contributed by atoms with Crippen molar-refractivity contribution in [3.63, 3.8) is 0 Å². The van der Waals surface area contributed by atoms with Crippen molar-refractivity contribution in [2.24, 2.45) is 5.92 Å². The number of rotatable bonds is 9.